The maximum atomic E-state index is 12.7. The van der Waals surface area contributed by atoms with Crippen LogP contribution >= 0.6 is 0 Å². The second-order valence-corrected chi connectivity index (χ2v) is 15.6. The van der Waals surface area contributed by atoms with E-state index >= 15 is 0 Å². The minimum atomic E-state index is -1.52. The molecular formula is C47H82NO8+. The van der Waals surface area contributed by atoms with E-state index in [1.54, 1.807) is 0 Å². The highest BCUT2D eigenvalue weighted by Gasteiger charge is 2.25. The molecule has 322 valence electrons. The molecule has 1 N–H and O–H groups in total. The average Bonchev–Trinajstić information content (AvgIpc) is 3.15. The first-order valence-corrected chi connectivity index (χ1v) is 22.0. The van der Waals surface area contributed by atoms with Crippen LogP contribution in [0, 0.1) is 0 Å². The molecule has 0 aromatic rings. The summed E-state index contributed by atoms with van der Waals surface area (Å²) in [6, 6.07) is 0. The van der Waals surface area contributed by atoms with Crippen LogP contribution in [0.3, 0.4) is 0 Å². The van der Waals surface area contributed by atoms with E-state index in [0.29, 0.717) is 23.9 Å². The summed E-state index contributed by atoms with van der Waals surface area (Å²) in [6.07, 6.45) is 42.8. The van der Waals surface area contributed by atoms with Gasteiger partial charge in [-0.05, 0) is 57.8 Å². The molecule has 2 unspecified atom stereocenters. The molecule has 0 aliphatic heterocycles. The van der Waals surface area contributed by atoms with E-state index in [4.69, 9.17) is 18.9 Å². The fourth-order valence-electron chi connectivity index (χ4n) is 5.63. The van der Waals surface area contributed by atoms with Gasteiger partial charge in [-0.15, -0.1) is 0 Å². The third-order valence-corrected chi connectivity index (χ3v) is 9.04. The standard InChI is InChI=1S/C47H81NO8/c1-6-8-10-12-14-16-18-20-21-22-23-24-25-26-28-30-32-34-36-38-45(50)56-43(42-55-47(46(51)52)53-40-39-48(3,4)5)41-54-44(49)37-35-33-31-29-27-19-17-15-13-11-9-7-2/h8,10,14,16,20-21,23-24,26,28,43,47H,6-7,9,11-13,15,17-19,22,25,27,29-42H2,1-5H3/p+1/b10-8-,16-14-,21-20-,24-23-,28-26-. The number of rotatable bonds is 39. The minimum absolute atomic E-state index is 0.179. The van der Waals surface area contributed by atoms with Gasteiger partial charge in [0.25, 0.3) is 6.29 Å². The van der Waals surface area contributed by atoms with Crippen molar-refractivity contribution < 1.29 is 42.9 Å². The molecule has 0 spiro atoms. The predicted octanol–water partition coefficient (Wildman–Crippen LogP) is 11.4. The van der Waals surface area contributed by atoms with E-state index in [0.717, 1.165) is 70.6 Å². The molecule has 0 aromatic heterocycles. The summed E-state index contributed by atoms with van der Waals surface area (Å²) in [5.41, 5.74) is 0. The van der Waals surface area contributed by atoms with Crippen LogP contribution in [0.4, 0.5) is 0 Å². The fourth-order valence-corrected chi connectivity index (χ4v) is 5.63. The highest BCUT2D eigenvalue weighted by Crippen LogP contribution is 2.14. The van der Waals surface area contributed by atoms with Gasteiger partial charge in [0.05, 0.1) is 34.4 Å². The van der Waals surface area contributed by atoms with Crippen LogP contribution in [0.1, 0.15) is 162 Å². The summed E-state index contributed by atoms with van der Waals surface area (Å²) in [4.78, 5) is 37.0. The highest BCUT2D eigenvalue weighted by molar-refractivity contribution is 5.71. The van der Waals surface area contributed by atoms with Crippen molar-refractivity contribution >= 4 is 17.9 Å². The quantitative estimate of drug-likeness (QED) is 0.0216. The largest absolute Gasteiger partial charge is 0.477 e. The second-order valence-electron chi connectivity index (χ2n) is 15.6. The number of carbonyl (C=O) groups is 3. The Morgan fingerprint density at radius 1 is 0.554 bits per heavy atom. The SMILES string of the molecule is CC/C=C\C/C=C\C/C=C\C/C=C\C/C=C\CCCCCC(=O)OC(COC(=O)CCCCCCCCCCCCCC)COC(OCC[N+](C)(C)C)C(=O)O. The first-order valence-electron chi connectivity index (χ1n) is 22.0. The number of hydrogen-bond donors (Lipinski definition) is 1. The number of likely N-dealkylation sites (N-methyl/N-ethyl adjacent to an activating group) is 1. The van der Waals surface area contributed by atoms with E-state index in [1.165, 1.54) is 57.8 Å². The number of unbranched alkanes of at least 4 members (excludes halogenated alkanes) is 14. The summed E-state index contributed by atoms with van der Waals surface area (Å²) in [7, 11) is 5.93. The molecule has 56 heavy (non-hydrogen) atoms. The highest BCUT2D eigenvalue weighted by atomic mass is 16.7. The van der Waals surface area contributed by atoms with Crippen LogP contribution in [0.2, 0.25) is 0 Å². The zero-order valence-corrected chi connectivity index (χ0v) is 36.3. The molecule has 9 nitrogen and oxygen atoms in total. The Morgan fingerprint density at radius 2 is 1.02 bits per heavy atom. The fraction of sp³-hybridized carbons (Fsp3) is 0.723. The van der Waals surface area contributed by atoms with Crippen LogP contribution in [-0.2, 0) is 33.3 Å². The molecule has 0 heterocycles. The van der Waals surface area contributed by atoms with E-state index in [9.17, 15) is 19.5 Å². The average molecular weight is 789 g/mol. The lowest BCUT2D eigenvalue weighted by Gasteiger charge is -2.25. The molecule has 0 fully saturated rings. The number of aliphatic carboxylic acids is 1. The van der Waals surface area contributed by atoms with Gasteiger partial charge >= 0.3 is 17.9 Å². The zero-order valence-electron chi connectivity index (χ0n) is 36.3. The van der Waals surface area contributed by atoms with Crippen molar-refractivity contribution in [2.75, 3.05) is 47.5 Å². The van der Waals surface area contributed by atoms with Crippen molar-refractivity contribution in [2.45, 2.75) is 174 Å². The van der Waals surface area contributed by atoms with E-state index in [1.807, 2.05) is 21.1 Å². The number of esters is 2. The van der Waals surface area contributed by atoms with Crippen molar-refractivity contribution in [3.63, 3.8) is 0 Å². The Bertz CT molecular complexity index is 1100. The summed E-state index contributed by atoms with van der Waals surface area (Å²) < 4.78 is 22.7. The van der Waals surface area contributed by atoms with Crippen molar-refractivity contribution in [2.24, 2.45) is 0 Å². The predicted molar refractivity (Wildman–Crippen MR) is 230 cm³/mol. The molecule has 0 rings (SSSR count). The number of nitrogens with zero attached hydrogens (tertiary/aromatic N) is 1. The van der Waals surface area contributed by atoms with Gasteiger partial charge in [0.15, 0.2) is 6.10 Å². The third kappa shape index (κ3) is 39.2. The number of carboxylic acid groups (broad SMARTS) is 1. The molecule has 0 radical (unpaired) electrons. The molecule has 0 aliphatic rings. The lowest BCUT2D eigenvalue weighted by atomic mass is 10.0. The van der Waals surface area contributed by atoms with Crippen molar-refractivity contribution in [1.82, 2.24) is 0 Å². The maximum absolute atomic E-state index is 12.7. The lowest BCUT2D eigenvalue weighted by molar-refractivity contribution is -0.870. The van der Waals surface area contributed by atoms with Gasteiger partial charge in [-0.1, -0.05) is 152 Å². The smallest absolute Gasteiger partial charge is 0.361 e. The Balaban J connectivity index is 4.53. The summed E-state index contributed by atoms with van der Waals surface area (Å²) >= 11 is 0. The van der Waals surface area contributed by atoms with Gasteiger partial charge in [-0.25, -0.2) is 4.79 Å². The van der Waals surface area contributed by atoms with Gasteiger partial charge in [0.2, 0.25) is 0 Å². The molecule has 0 saturated carbocycles. The van der Waals surface area contributed by atoms with Crippen molar-refractivity contribution in [3.05, 3.63) is 60.8 Å². The van der Waals surface area contributed by atoms with Gasteiger partial charge in [-0.3, -0.25) is 9.59 Å². The van der Waals surface area contributed by atoms with Crippen LogP contribution in [0.5, 0.6) is 0 Å². The van der Waals surface area contributed by atoms with E-state index in [-0.39, 0.29) is 32.2 Å². The summed E-state index contributed by atoms with van der Waals surface area (Å²) in [6.45, 7) is 4.69. The normalized spacial score (nSPS) is 13.5. The Kier molecular flexibility index (Phi) is 36.8. The second kappa shape index (κ2) is 38.8. The molecule has 0 amide bonds. The molecule has 0 aromatic carbocycles. The molecular weight excluding hydrogens is 707 g/mol. The van der Waals surface area contributed by atoms with Crippen molar-refractivity contribution in [1.29, 1.82) is 0 Å². The van der Waals surface area contributed by atoms with E-state index < -0.39 is 24.3 Å². The Labute approximate surface area is 342 Å². The number of quaternary nitrogens is 1. The van der Waals surface area contributed by atoms with Gasteiger partial charge in [-0.2, -0.15) is 0 Å². The number of hydrogen-bond acceptors (Lipinski definition) is 7. The van der Waals surface area contributed by atoms with Gasteiger partial charge < -0.3 is 28.5 Å². The first kappa shape index (κ1) is 53.0. The molecule has 0 aliphatic carbocycles. The number of carboxylic acids is 1. The number of allylic oxidation sites excluding steroid dienone is 10. The van der Waals surface area contributed by atoms with Crippen molar-refractivity contribution in [3.8, 4) is 0 Å². The molecule has 2 atom stereocenters. The molecule has 0 bridgehead atoms. The van der Waals surface area contributed by atoms with Gasteiger partial charge in [0, 0.05) is 12.8 Å². The summed E-state index contributed by atoms with van der Waals surface area (Å²) in [5.74, 6) is -2.06. The minimum Gasteiger partial charge on any atom is -0.477 e. The number of carbonyl (C=O) groups excluding carboxylic acids is 2. The van der Waals surface area contributed by atoms with Crippen LogP contribution in [-0.4, -0.2) is 87.4 Å². The van der Waals surface area contributed by atoms with Crippen LogP contribution in [0.15, 0.2) is 60.8 Å². The summed E-state index contributed by atoms with van der Waals surface area (Å²) in [5, 5.41) is 9.62. The van der Waals surface area contributed by atoms with Gasteiger partial charge in [0.1, 0.15) is 13.2 Å². The van der Waals surface area contributed by atoms with E-state index in [2.05, 4.69) is 74.6 Å². The maximum Gasteiger partial charge on any atom is 0.361 e. The van der Waals surface area contributed by atoms with Crippen LogP contribution in [0.25, 0.3) is 0 Å². The number of ether oxygens (including phenoxy) is 4. The zero-order chi connectivity index (χ0) is 41.4. The first-order chi connectivity index (χ1) is 27.1. The third-order valence-electron chi connectivity index (χ3n) is 9.04. The topological polar surface area (TPSA) is 108 Å². The molecule has 0 saturated heterocycles. The lowest BCUT2D eigenvalue weighted by Crippen LogP contribution is -2.40. The monoisotopic (exact) mass is 789 g/mol. The Morgan fingerprint density at radius 3 is 1.52 bits per heavy atom. The molecule has 9 heteroatoms. The Hall–Kier alpha value is -3.01. The van der Waals surface area contributed by atoms with Crippen LogP contribution < -0.4 is 0 Å².